The van der Waals surface area contributed by atoms with Gasteiger partial charge in [-0.2, -0.15) is 0 Å². The Morgan fingerprint density at radius 3 is 2.52 bits per heavy atom. The smallest absolute Gasteiger partial charge is 0.289 e. The second-order valence-corrected chi connectivity index (χ2v) is 6.07. The minimum absolute atomic E-state index is 0. The third-order valence-corrected chi connectivity index (χ3v) is 4.42. The van der Waals surface area contributed by atoms with Gasteiger partial charge in [0.05, 0.1) is 6.26 Å². The van der Waals surface area contributed by atoms with Gasteiger partial charge in [0.1, 0.15) is 12.7 Å². The van der Waals surface area contributed by atoms with Crippen LogP contribution in [0.1, 0.15) is 10.6 Å². The van der Waals surface area contributed by atoms with Crippen LogP contribution in [-0.2, 0) is 0 Å². The number of furan rings is 1. The molecule has 2 aliphatic rings. The average molecular weight is 365 g/mol. The van der Waals surface area contributed by atoms with Crippen molar-refractivity contribution in [1.29, 1.82) is 0 Å². The molecule has 0 spiro atoms. The van der Waals surface area contributed by atoms with Crippen LogP contribution in [0.3, 0.4) is 0 Å². The number of fused-ring (bicyclic) bond motifs is 1. The molecule has 1 aromatic heterocycles. The summed E-state index contributed by atoms with van der Waals surface area (Å²) in [4.78, 5) is 16.4. The minimum Gasteiger partial charge on any atom is -0.486 e. The normalized spacial score (nSPS) is 20.0. The third-order valence-electron chi connectivity index (χ3n) is 4.42. The van der Waals surface area contributed by atoms with Crippen molar-refractivity contribution in [3.63, 3.8) is 0 Å². The number of hydrogen-bond acceptors (Lipinski definition) is 5. The minimum atomic E-state index is -0.0363. The molecule has 2 aliphatic heterocycles. The van der Waals surface area contributed by atoms with Crippen LogP contribution in [-0.4, -0.2) is 61.1 Å². The summed E-state index contributed by atoms with van der Waals surface area (Å²) in [5, 5.41) is 0. The van der Waals surface area contributed by atoms with E-state index in [4.69, 9.17) is 13.9 Å². The lowest BCUT2D eigenvalue weighted by atomic mass is 10.2. The van der Waals surface area contributed by atoms with E-state index in [1.807, 2.05) is 29.2 Å². The van der Waals surface area contributed by atoms with Gasteiger partial charge in [-0.1, -0.05) is 12.1 Å². The van der Waals surface area contributed by atoms with Crippen molar-refractivity contribution >= 4 is 18.3 Å². The van der Waals surface area contributed by atoms with Crippen LogP contribution >= 0.6 is 12.4 Å². The zero-order chi connectivity index (χ0) is 16.4. The lowest BCUT2D eigenvalue weighted by Crippen LogP contribution is -2.52. The predicted molar refractivity (Wildman–Crippen MR) is 94.7 cm³/mol. The van der Waals surface area contributed by atoms with E-state index in [1.54, 1.807) is 12.1 Å². The number of benzene rings is 1. The largest absolute Gasteiger partial charge is 0.486 e. The van der Waals surface area contributed by atoms with Crippen LogP contribution in [0.25, 0.3) is 0 Å². The Morgan fingerprint density at radius 1 is 1.04 bits per heavy atom. The molecule has 0 bridgehead atoms. The molecule has 0 N–H and O–H groups in total. The number of carbonyl (C=O) groups excluding carboxylic acids is 1. The maximum Gasteiger partial charge on any atom is 0.289 e. The van der Waals surface area contributed by atoms with Crippen molar-refractivity contribution in [2.75, 3.05) is 39.3 Å². The Labute approximate surface area is 152 Å². The van der Waals surface area contributed by atoms with Crippen molar-refractivity contribution in [2.45, 2.75) is 6.10 Å². The number of ether oxygens (including phenoxy) is 2. The van der Waals surface area contributed by atoms with E-state index in [0.717, 1.165) is 31.1 Å². The molecule has 7 heteroatoms. The van der Waals surface area contributed by atoms with E-state index < -0.39 is 0 Å². The molecule has 1 atom stereocenters. The zero-order valence-electron chi connectivity index (χ0n) is 13.8. The van der Waals surface area contributed by atoms with Gasteiger partial charge in [-0.15, -0.1) is 12.4 Å². The molecular formula is C18H21ClN2O4. The first-order valence-corrected chi connectivity index (χ1v) is 8.23. The Bertz CT molecular complexity index is 699. The highest BCUT2D eigenvalue weighted by molar-refractivity contribution is 5.91. The number of para-hydroxylation sites is 2. The van der Waals surface area contributed by atoms with Gasteiger partial charge in [-0.25, -0.2) is 0 Å². The molecule has 0 saturated carbocycles. The molecule has 0 aliphatic carbocycles. The molecular weight excluding hydrogens is 344 g/mol. The molecule has 4 rings (SSSR count). The summed E-state index contributed by atoms with van der Waals surface area (Å²) >= 11 is 0. The molecule has 1 amide bonds. The molecule has 3 heterocycles. The number of rotatable bonds is 3. The maximum atomic E-state index is 12.3. The van der Waals surface area contributed by atoms with Crippen molar-refractivity contribution < 1.29 is 18.7 Å². The number of piperazine rings is 1. The summed E-state index contributed by atoms with van der Waals surface area (Å²) in [6.45, 7) is 4.41. The van der Waals surface area contributed by atoms with E-state index in [-0.39, 0.29) is 24.4 Å². The summed E-state index contributed by atoms with van der Waals surface area (Å²) in [5.41, 5.74) is 0. The second-order valence-electron chi connectivity index (χ2n) is 6.07. The van der Waals surface area contributed by atoms with Gasteiger partial charge in [-0.3, -0.25) is 9.69 Å². The summed E-state index contributed by atoms with van der Waals surface area (Å²) in [5.74, 6) is 1.98. The number of carbonyl (C=O) groups is 1. The van der Waals surface area contributed by atoms with Gasteiger partial charge in [0.15, 0.2) is 17.3 Å². The molecule has 6 nitrogen and oxygen atoms in total. The summed E-state index contributed by atoms with van der Waals surface area (Å²) < 4.78 is 17.0. The Kier molecular flexibility index (Phi) is 5.50. The molecule has 0 radical (unpaired) electrons. The van der Waals surface area contributed by atoms with Crippen LogP contribution in [0.4, 0.5) is 0 Å². The number of nitrogens with zero attached hydrogens (tertiary/aromatic N) is 2. The van der Waals surface area contributed by atoms with E-state index in [1.165, 1.54) is 6.26 Å². The third kappa shape index (κ3) is 3.91. The Morgan fingerprint density at radius 2 is 1.80 bits per heavy atom. The molecule has 1 unspecified atom stereocenters. The SMILES string of the molecule is Cl.O=C(c1ccco1)N1CCN(CC2COc3ccccc3O2)CC1. The van der Waals surface area contributed by atoms with Crippen LogP contribution in [0.15, 0.2) is 47.1 Å². The van der Waals surface area contributed by atoms with Gasteiger partial charge >= 0.3 is 0 Å². The Hall–Kier alpha value is -2.18. The highest BCUT2D eigenvalue weighted by Gasteiger charge is 2.27. The first-order chi connectivity index (χ1) is 11.8. The highest BCUT2D eigenvalue weighted by Crippen LogP contribution is 2.31. The molecule has 25 heavy (non-hydrogen) atoms. The maximum absolute atomic E-state index is 12.3. The monoisotopic (exact) mass is 364 g/mol. The van der Waals surface area contributed by atoms with E-state index in [2.05, 4.69) is 4.90 Å². The summed E-state index contributed by atoms with van der Waals surface area (Å²) in [6.07, 6.45) is 1.55. The molecule has 134 valence electrons. The van der Waals surface area contributed by atoms with Crippen LogP contribution < -0.4 is 9.47 Å². The van der Waals surface area contributed by atoms with Crippen molar-refractivity contribution in [2.24, 2.45) is 0 Å². The number of halogens is 1. The highest BCUT2D eigenvalue weighted by atomic mass is 35.5. The second kappa shape index (κ2) is 7.80. The Balaban J connectivity index is 0.00000182. The topological polar surface area (TPSA) is 55.2 Å². The first-order valence-electron chi connectivity index (χ1n) is 8.23. The number of amides is 1. The lowest BCUT2D eigenvalue weighted by molar-refractivity contribution is 0.0354. The van der Waals surface area contributed by atoms with Crippen molar-refractivity contribution in [3.8, 4) is 11.5 Å². The number of hydrogen-bond donors (Lipinski definition) is 0. The summed E-state index contributed by atoms with van der Waals surface area (Å²) in [6, 6.07) is 11.2. The van der Waals surface area contributed by atoms with Crippen LogP contribution in [0, 0.1) is 0 Å². The molecule has 1 saturated heterocycles. The van der Waals surface area contributed by atoms with Crippen molar-refractivity contribution in [3.05, 3.63) is 48.4 Å². The van der Waals surface area contributed by atoms with Crippen LogP contribution in [0.5, 0.6) is 11.5 Å². The van der Waals surface area contributed by atoms with E-state index in [9.17, 15) is 4.79 Å². The average Bonchev–Trinajstić information content (AvgIpc) is 3.16. The fourth-order valence-corrected chi connectivity index (χ4v) is 3.13. The quantitative estimate of drug-likeness (QED) is 0.836. The van der Waals surface area contributed by atoms with Gasteiger partial charge in [-0.05, 0) is 24.3 Å². The standard InChI is InChI=1S/C18H20N2O4.ClH/c21-18(17-6-3-11-22-17)20-9-7-19(8-10-20)12-14-13-23-15-4-1-2-5-16(15)24-14;/h1-6,11,14H,7-10,12-13H2;1H. The van der Waals surface area contributed by atoms with Crippen LogP contribution in [0.2, 0.25) is 0 Å². The fourth-order valence-electron chi connectivity index (χ4n) is 3.13. The van der Waals surface area contributed by atoms with Gasteiger partial charge in [0.25, 0.3) is 5.91 Å². The fraction of sp³-hybridized carbons (Fsp3) is 0.389. The van der Waals surface area contributed by atoms with E-state index >= 15 is 0 Å². The zero-order valence-corrected chi connectivity index (χ0v) is 14.6. The first kappa shape index (κ1) is 17.6. The molecule has 1 fully saturated rings. The van der Waals surface area contributed by atoms with Gasteiger partial charge in [0.2, 0.25) is 0 Å². The van der Waals surface area contributed by atoms with E-state index in [0.29, 0.717) is 25.5 Å². The lowest BCUT2D eigenvalue weighted by Gasteiger charge is -2.37. The molecule has 1 aromatic carbocycles. The summed E-state index contributed by atoms with van der Waals surface area (Å²) in [7, 11) is 0. The van der Waals surface area contributed by atoms with Gasteiger partial charge < -0.3 is 18.8 Å². The predicted octanol–water partition coefficient (Wildman–Crippen LogP) is 2.30. The molecule has 2 aromatic rings. The van der Waals surface area contributed by atoms with Gasteiger partial charge in [0, 0.05) is 32.7 Å². The van der Waals surface area contributed by atoms with Crippen molar-refractivity contribution in [1.82, 2.24) is 9.80 Å².